The number of benzene rings is 2. The molecule has 0 N–H and O–H groups in total. The molecule has 30 heavy (non-hydrogen) atoms. The molecule has 6 heteroatoms. The van der Waals surface area contributed by atoms with E-state index in [0.29, 0.717) is 0 Å². The molecule has 2 aromatic carbocycles. The van der Waals surface area contributed by atoms with Crippen molar-refractivity contribution in [2.24, 2.45) is 0 Å². The summed E-state index contributed by atoms with van der Waals surface area (Å²) in [5.41, 5.74) is 5.21. The van der Waals surface area contributed by atoms with Gasteiger partial charge < -0.3 is 9.80 Å². The smallest absolute Gasteiger partial charge is 0.147 e. The van der Waals surface area contributed by atoms with E-state index in [4.69, 9.17) is 9.97 Å². The van der Waals surface area contributed by atoms with Crippen LogP contribution < -0.4 is 9.80 Å². The predicted molar refractivity (Wildman–Crippen MR) is 121 cm³/mol. The molecule has 6 nitrogen and oxygen atoms in total. The monoisotopic (exact) mass is 396 g/mol. The van der Waals surface area contributed by atoms with Crippen molar-refractivity contribution in [3.05, 3.63) is 72.2 Å². The standard InChI is InChI=1S/C24H24N6/c1-17-7-9-19(10-8-17)22-15-23(27-18(2)26-22)29-11-13-30(14-12-29)24-16-25-20-5-3-4-6-21(20)28-24/h3-10,15-16H,11-14H2,1-2H3. The third kappa shape index (κ3) is 3.68. The first-order valence-electron chi connectivity index (χ1n) is 10.3. The molecule has 0 bridgehead atoms. The van der Waals surface area contributed by atoms with Gasteiger partial charge in [-0.15, -0.1) is 0 Å². The summed E-state index contributed by atoms with van der Waals surface area (Å²) in [5.74, 6) is 2.72. The summed E-state index contributed by atoms with van der Waals surface area (Å²) in [6.45, 7) is 7.60. The molecule has 0 saturated carbocycles. The van der Waals surface area contributed by atoms with Gasteiger partial charge in [-0.1, -0.05) is 42.0 Å². The maximum absolute atomic E-state index is 4.79. The Morgan fingerprint density at radius 3 is 2.10 bits per heavy atom. The summed E-state index contributed by atoms with van der Waals surface area (Å²) in [5, 5.41) is 0. The van der Waals surface area contributed by atoms with Crippen molar-refractivity contribution in [3.63, 3.8) is 0 Å². The van der Waals surface area contributed by atoms with Gasteiger partial charge >= 0.3 is 0 Å². The number of piperazine rings is 1. The van der Waals surface area contributed by atoms with Crippen LogP contribution in [0.3, 0.4) is 0 Å². The second kappa shape index (κ2) is 7.71. The van der Waals surface area contributed by atoms with Gasteiger partial charge in [0.05, 0.1) is 22.9 Å². The molecule has 0 spiro atoms. The Bertz CT molecular complexity index is 1180. The highest BCUT2D eigenvalue weighted by Crippen LogP contribution is 2.24. The highest BCUT2D eigenvalue weighted by molar-refractivity contribution is 5.75. The molecular weight excluding hydrogens is 372 g/mol. The summed E-state index contributed by atoms with van der Waals surface area (Å²) in [6, 6.07) is 18.6. The number of hydrogen-bond donors (Lipinski definition) is 0. The number of para-hydroxylation sites is 2. The molecule has 3 heterocycles. The lowest BCUT2D eigenvalue weighted by atomic mass is 10.1. The van der Waals surface area contributed by atoms with E-state index in [1.165, 1.54) is 5.56 Å². The SMILES string of the molecule is Cc1ccc(-c2cc(N3CCN(c4cnc5ccccc5n4)CC3)nc(C)n2)cc1. The van der Waals surface area contributed by atoms with Crippen LogP contribution in [0.25, 0.3) is 22.3 Å². The molecule has 5 rings (SSSR count). The van der Waals surface area contributed by atoms with Crippen LogP contribution in [0.1, 0.15) is 11.4 Å². The largest absolute Gasteiger partial charge is 0.353 e. The van der Waals surface area contributed by atoms with Crippen molar-refractivity contribution < 1.29 is 0 Å². The number of anilines is 2. The van der Waals surface area contributed by atoms with Gasteiger partial charge in [0, 0.05) is 37.8 Å². The Morgan fingerprint density at radius 2 is 1.37 bits per heavy atom. The minimum Gasteiger partial charge on any atom is -0.353 e. The third-order valence-electron chi connectivity index (χ3n) is 5.54. The summed E-state index contributed by atoms with van der Waals surface area (Å²) in [7, 11) is 0. The lowest BCUT2D eigenvalue weighted by Crippen LogP contribution is -2.47. The number of rotatable bonds is 3. The molecule has 2 aromatic heterocycles. The Balaban J connectivity index is 1.34. The molecule has 0 aliphatic carbocycles. The fourth-order valence-electron chi connectivity index (χ4n) is 3.85. The second-order valence-electron chi connectivity index (χ2n) is 7.72. The molecule has 4 aromatic rings. The summed E-state index contributed by atoms with van der Waals surface area (Å²) >= 11 is 0. The van der Waals surface area contributed by atoms with Crippen molar-refractivity contribution in [2.45, 2.75) is 13.8 Å². The predicted octanol–water partition coefficient (Wildman–Crippen LogP) is 4.03. The van der Waals surface area contributed by atoms with Crippen molar-refractivity contribution >= 4 is 22.7 Å². The quantitative estimate of drug-likeness (QED) is 0.521. The van der Waals surface area contributed by atoms with Crippen LogP contribution in [-0.2, 0) is 0 Å². The molecule has 1 aliphatic heterocycles. The summed E-state index contributed by atoms with van der Waals surface area (Å²) in [4.78, 5) is 23.3. The van der Waals surface area contributed by atoms with Crippen LogP contribution in [0.4, 0.5) is 11.6 Å². The van der Waals surface area contributed by atoms with E-state index < -0.39 is 0 Å². The summed E-state index contributed by atoms with van der Waals surface area (Å²) < 4.78 is 0. The molecule has 150 valence electrons. The highest BCUT2D eigenvalue weighted by atomic mass is 15.3. The van der Waals surface area contributed by atoms with Crippen LogP contribution in [-0.4, -0.2) is 46.1 Å². The minimum atomic E-state index is 0.797. The van der Waals surface area contributed by atoms with Crippen molar-refractivity contribution in [2.75, 3.05) is 36.0 Å². The minimum absolute atomic E-state index is 0.797. The molecular formula is C24H24N6. The molecule has 0 atom stereocenters. The van der Waals surface area contributed by atoms with Gasteiger partial charge in [-0.25, -0.2) is 15.0 Å². The van der Waals surface area contributed by atoms with Gasteiger partial charge in [0.15, 0.2) is 0 Å². The molecule has 0 radical (unpaired) electrons. The molecule has 0 unspecified atom stereocenters. The van der Waals surface area contributed by atoms with Gasteiger partial charge in [0.2, 0.25) is 0 Å². The van der Waals surface area contributed by atoms with Crippen LogP contribution in [0.2, 0.25) is 0 Å². The number of hydrogen-bond acceptors (Lipinski definition) is 6. The van der Waals surface area contributed by atoms with E-state index in [0.717, 1.165) is 65.9 Å². The van der Waals surface area contributed by atoms with Gasteiger partial charge in [-0.05, 0) is 26.0 Å². The summed E-state index contributed by atoms with van der Waals surface area (Å²) in [6.07, 6.45) is 1.88. The van der Waals surface area contributed by atoms with Gasteiger partial charge in [-0.2, -0.15) is 0 Å². The first-order chi connectivity index (χ1) is 14.7. The zero-order chi connectivity index (χ0) is 20.5. The van der Waals surface area contributed by atoms with Crippen molar-refractivity contribution in [1.82, 2.24) is 19.9 Å². The Hall–Kier alpha value is -3.54. The normalized spacial score (nSPS) is 14.3. The van der Waals surface area contributed by atoms with Crippen LogP contribution in [0, 0.1) is 13.8 Å². The van der Waals surface area contributed by atoms with E-state index in [-0.39, 0.29) is 0 Å². The second-order valence-corrected chi connectivity index (χ2v) is 7.72. The third-order valence-corrected chi connectivity index (χ3v) is 5.54. The van der Waals surface area contributed by atoms with Gasteiger partial charge in [0.25, 0.3) is 0 Å². The lowest BCUT2D eigenvalue weighted by Gasteiger charge is -2.36. The maximum atomic E-state index is 4.79. The number of aromatic nitrogens is 4. The highest BCUT2D eigenvalue weighted by Gasteiger charge is 2.20. The van der Waals surface area contributed by atoms with Crippen molar-refractivity contribution in [1.29, 1.82) is 0 Å². The zero-order valence-electron chi connectivity index (χ0n) is 17.3. The van der Waals surface area contributed by atoms with E-state index >= 15 is 0 Å². The Morgan fingerprint density at radius 1 is 0.700 bits per heavy atom. The fraction of sp³-hybridized carbons (Fsp3) is 0.250. The zero-order valence-corrected chi connectivity index (χ0v) is 17.3. The first kappa shape index (κ1) is 18.5. The average molecular weight is 396 g/mol. The Labute approximate surface area is 176 Å². The average Bonchev–Trinajstić information content (AvgIpc) is 2.79. The van der Waals surface area contributed by atoms with Crippen molar-refractivity contribution in [3.8, 4) is 11.3 Å². The van der Waals surface area contributed by atoms with Crippen LogP contribution in [0.5, 0.6) is 0 Å². The number of aryl methyl sites for hydroxylation is 2. The maximum Gasteiger partial charge on any atom is 0.147 e. The lowest BCUT2D eigenvalue weighted by molar-refractivity contribution is 0.640. The fourth-order valence-corrected chi connectivity index (χ4v) is 3.85. The van der Waals surface area contributed by atoms with E-state index in [2.05, 4.69) is 57.0 Å². The van der Waals surface area contributed by atoms with E-state index in [1.54, 1.807) is 0 Å². The number of nitrogens with zero attached hydrogens (tertiary/aromatic N) is 6. The molecule has 1 fully saturated rings. The van der Waals surface area contributed by atoms with Gasteiger partial charge in [-0.3, -0.25) is 4.98 Å². The topological polar surface area (TPSA) is 58.0 Å². The molecule has 1 aliphatic rings. The van der Waals surface area contributed by atoms with E-state index in [1.807, 2.05) is 37.4 Å². The van der Waals surface area contributed by atoms with E-state index in [9.17, 15) is 0 Å². The number of fused-ring (bicyclic) bond motifs is 1. The van der Waals surface area contributed by atoms with Crippen LogP contribution in [0.15, 0.2) is 60.8 Å². The van der Waals surface area contributed by atoms with Crippen LogP contribution >= 0.6 is 0 Å². The molecule has 1 saturated heterocycles. The molecule has 0 amide bonds. The Kier molecular flexibility index (Phi) is 4.75. The first-order valence-corrected chi connectivity index (χ1v) is 10.3. The van der Waals surface area contributed by atoms with Gasteiger partial charge in [0.1, 0.15) is 17.5 Å².